The van der Waals surface area contributed by atoms with Crippen LogP contribution in [0.3, 0.4) is 0 Å². The Morgan fingerprint density at radius 2 is 1.76 bits per heavy atom. The van der Waals surface area contributed by atoms with Crippen LogP contribution in [-0.2, 0) is 14.8 Å². The maximum Gasteiger partial charge on any atom is 0.248 e. The second-order valence-electron chi connectivity index (χ2n) is 7.36. The number of hydrogen-bond acceptors (Lipinski definition) is 4. The second kappa shape index (κ2) is 9.31. The van der Waals surface area contributed by atoms with E-state index < -0.39 is 16.1 Å². The minimum absolute atomic E-state index is 0.220. The number of nitrogens with zero attached hydrogens (tertiary/aromatic N) is 1. The first-order valence-electron chi connectivity index (χ1n) is 9.64. The van der Waals surface area contributed by atoms with Crippen molar-refractivity contribution < 1.29 is 17.9 Å². The fourth-order valence-corrected chi connectivity index (χ4v) is 4.55. The van der Waals surface area contributed by atoms with Crippen molar-refractivity contribution in [3.8, 4) is 5.75 Å². The van der Waals surface area contributed by atoms with Crippen LogP contribution in [0.4, 0.5) is 11.4 Å². The topological polar surface area (TPSA) is 75.7 Å². The molecular formula is C22H30N2O4S. The van der Waals surface area contributed by atoms with Crippen LogP contribution in [0.2, 0.25) is 0 Å². The summed E-state index contributed by atoms with van der Waals surface area (Å²) >= 11 is 0. The van der Waals surface area contributed by atoms with Gasteiger partial charge in [0.1, 0.15) is 11.8 Å². The number of anilines is 2. The van der Waals surface area contributed by atoms with E-state index in [1.807, 2.05) is 25.1 Å². The van der Waals surface area contributed by atoms with Crippen molar-refractivity contribution in [2.75, 3.05) is 23.0 Å². The number of hydrogen-bond donors (Lipinski definition) is 1. The zero-order valence-corrected chi connectivity index (χ0v) is 18.7. The van der Waals surface area contributed by atoms with E-state index in [2.05, 4.69) is 19.2 Å². The molecule has 7 heteroatoms. The van der Waals surface area contributed by atoms with E-state index in [-0.39, 0.29) is 11.8 Å². The smallest absolute Gasteiger partial charge is 0.248 e. The van der Waals surface area contributed by atoms with E-state index in [9.17, 15) is 13.2 Å². The monoisotopic (exact) mass is 418 g/mol. The van der Waals surface area contributed by atoms with Gasteiger partial charge in [0.15, 0.2) is 0 Å². The molecule has 1 atom stereocenters. The molecular weight excluding hydrogens is 388 g/mol. The molecule has 0 saturated heterocycles. The molecule has 158 valence electrons. The van der Waals surface area contributed by atoms with Gasteiger partial charge in [-0.1, -0.05) is 39.0 Å². The molecule has 2 aromatic rings. The lowest BCUT2D eigenvalue weighted by Gasteiger charge is -2.30. The number of ether oxygens (including phenoxy) is 1. The predicted octanol–water partition coefficient (Wildman–Crippen LogP) is 4.31. The number of para-hydroxylation sites is 1. The highest BCUT2D eigenvalue weighted by atomic mass is 32.2. The molecule has 6 nitrogen and oxygen atoms in total. The number of sulfonamides is 1. The Kier molecular flexibility index (Phi) is 7.30. The number of aryl methyl sites for hydroxylation is 1. The number of methoxy groups -OCH3 is 1. The molecule has 0 bridgehead atoms. The zero-order valence-electron chi connectivity index (χ0n) is 17.9. The SMILES string of the molecule is CC[C@@H](C(=O)Nc1c(C)cccc1C(C)C)N(c1ccc(OC)cc1)S(C)(=O)=O. The van der Waals surface area contributed by atoms with E-state index in [1.165, 1.54) is 4.31 Å². The number of benzene rings is 2. The predicted molar refractivity (Wildman–Crippen MR) is 118 cm³/mol. The maximum atomic E-state index is 13.2. The molecule has 0 aromatic heterocycles. The van der Waals surface area contributed by atoms with Crippen LogP contribution in [0.1, 0.15) is 44.2 Å². The first kappa shape index (κ1) is 22.7. The number of carbonyl (C=O) groups is 1. The lowest BCUT2D eigenvalue weighted by molar-refractivity contribution is -0.117. The van der Waals surface area contributed by atoms with Crippen molar-refractivity contribution >= 4 is 27.3 Å². The van der Waals surface area contributed by atoms with Gasteiger partial charge >= 0.3 is 0 Å². The van der Waals surface area contributed by atoms with E-state index in [4.69, 9.17) is 4.74 Å². The summed E-state index contributed by atoms with van der Waals surface area (Å²) in [4.78, 5) is 13.2. The summed E-state index contributed by atoms with van der Waals surface area (Å²) < 4.78 is 31.5. The standard InChI is InChI=1S/C22H30N2O4S/c1-7-20(22(25)23-21-16(4)9-8-10-19(21)15(2)3)24(29(6,26)27)17-11-13-18(28-5)14-12-17/h8-15,20H,7H2,1-6H3,(H,23,25)/t20-/m0/s1. The van der Waals surface area contributed by atoms with Crippen LogP contribution < -0.4 is 14.4 Å². The Balaban J connectivity index is 2.44. The van der Waals surface area contributed by atoms with Crippen molar-refractivity contribution in [2.24, 2.45) is 0 Å². The third kappa shape index (κ3) is 5.29. The van der Waals surface area contributed by atoms with Crippen molar-refractivity contribution in [1.29, 1.82) is 0 Å². The average Bonchev–Trinajstić information content (AvgIpc) is 2.66. The lowest BCUT2D eigenvalue weighted by Crippen LogP contribution is -2.47. The fraction of sp³-hybridized carbons (Fsp3) is 0.409. The average molecular weight is 419 g/mol. The van der Waals surface area contributed by atoms with Gasteiger partial charge in [0.2, 0.25) is 15.9 Å². The van der Waals surface area contributed by atoms with E-state index in [0.717, 1.165) is 23.1 Å². The number of carbonyl (C=O) groups excluding carboxylic acids is 1. The molecule has 0 fully saturated rings. The third-order valence-electron chi connectivity index (χ3n) is 4.83. The Bertz CT molecular complexity index is 953. The summed E-state index contributed by atoms with van der Waals surface area (Å²) in [6, 6.07) is 11.6. The van der Waals surface area contributed by atoms with Crippen molar-refractivity contribution in [3.05, 3.63) is 53.6 Å². The molecule has 0 radical (unpaired) electrons. The van der Waals surface area contributed by atoms with Crippen LogP contribution in [0.25, 0.3) is 0 Å². The van der Waals surface area contributed by atoms with E-state index in [0.29, 0.717) is 17.9 Å². The zero-order chi connectivity index (χ0) is 21.8. The highest BCUT2D eigenvalue weighted by Gasteiger charge is 2.32. The van der Waals surface area contributed by atoms with Crippen LogP contribution in [0.5, 0.6) is 5.75 Å². The molecule has 0 aliphatic rings. The van der Waals surface area contributed by atoms with Crippen LogP contribution in [-0.4, -0.2) is 33.7 Å². The summed E-state index contributed by atoms with van der Waals surface area (Å²) in [5.41, 5.74) is 3.12. The van der Waals surface area contributed by atoms with Gasteiger partial charge in [-0.3, -0.25) is 9.10 Å². The van der Waals surface area contributed by atoms with E-state index in [1.54, 1.807) is 38.3 Å². The van der Waals surface area contributed by atoms with Gasteiger partial charge in [0.05, 0.1) is 19.1 Å². The molecule has 2 aromatic carbocycles. The minimum Gasteiger partial charge on any atom is -0.497 e. The first-order chi connectivity index (χ1) is 13.6. The molecule has 1 amide bonds. The summed E-state index contributed by atoms with van der Waals surface area (Å²) in [6.07, 6.45) is 1.44. The number of amides is 1. The van der Waals surface area contributed by atoms with Crippen molar-refractivity contribution in [1.82, 2.24) is 0 Å². The minimum atomic E-state index is -3.69. The molecule has 0 spiro atoms. The van der Waals surface area contributed by atoms with Crippen LogP contribution >= 0.6 is 0 Å². The summed E-state index contributed by atoms with van der Waals surface area (Å²) in [7, 11) is -2.15. The lowest BCUT2D eigenvalue weighted by atomic mass is 9.98. The Morgan fingerprint density at radius 1 is 1.14 bits per heavy atom. The van der Waals surface area contributed by atoms with Gasteiger partial charge in [0.25, 0.3) is 0 Å². The molecule has 0 saturated carbocycles. The van der Waals surface area contributed by atoms with Crippen LogP contribution in [0, 0.1) is 6.92 Å². The normalized spacial score (nSPS) is 12.5. The highest BCUT2D eigenvalue weighted by Crippen LogP contribution is 2.29. The summed E-state index contributed by atoms with van der Waals surface area (Å²) in [5, 5.41) is 2.99. The molecule has 29 heavy (non-hydrogen) atoms. The van der Waals surface area contributed by atoms with Crippen molar-refractivity contribution in [3.63, 3.8) is 0 Å². The molecule has 0 unspecified atom stereocenters. The van der Waals surface area contributed by atoms with Crippen LogP contribution in [0.15, 0.2) is 42.5 Å². The van der Waals surface area contributed by atoms with E-state index >= 15 is 0 Å². The molecule has 0 aliphatic carbocycles. The molecule has 2 rings (SSSR count). The third-order valence-corrected chi connectivity index (χ3v) is 6.01. The Hall–Kier alpha value is -2.54. The van der Waals surface area contributed by atoms with Gasteiger partial charge in [-0.15, -0.1) is 0 Å². The van der Waals surface area contributed by atoms with Gasteiger partial charge < -0.3 is 10.1 Å². The first-order valence-corrected chi connectivity index (χ1v) is 11.5. The Morgan fingerprint density at radius 3 is 2.24 bits per heavy atom. The fourth-order valence-electron chi connectivity index (χ4n) is 3.34. The second-order valence-corrected chi connectivity index (χ2v) is 9.22. The molecule has 0 aliphatic heterocycles. The molecule has 0 heterocycles. The Labute approximate surface area is 173 Å². The summed E-state index contributed by atoms with van der Waals surface area (Å²) in [5.74, 6) is 0.476. The molecule has 1 N–H and O–H groups in total. The highest BCUT2D eigenvalue weighted by molar-refractivity contribution is 7.92. The van der Waals surface area contributed by atoms with Gasteiger partial charge in [-0.2, -0.15) is 0 Å². The van der Waals surface area contributed by atoms with Gasteiger partial charge in [-0.25, -0.2) is 8.42 Å². The van der Waals surface area contributed by atoms with Crippen molar-refractivity contribution in [2.45, 2.75) is 46.1 Å². The van der Waals surface area contributed by atoms with Gasteiger partial charge in [-0.05, 0) is 54.7 Å². The summed E-state index contributed by atoms with van der Waals surface area (Å²) in [6.45, 7) is 7.84. The maximum absolute atomic E-state index is 13.2. The van der Waals surface area contributed by atoms with Gasteiger partial charge in [0, 0.05) is 5.69 Å². The largest absolute Gasteiger partial charge is 0.497 e. The number of rotatable bonds is 8. The number of nitrogens with one attached hydrogen (secondary N) is 1. The quantitative estimate of drug-likeness (QED) is 0.693.